The fourth-order valence-electron chi connectivity index (χ4n) is 5.68. The second-order valence-corrected chi connectivity index (χ2v) is 11.4. The second-order valence-electron chi connectivity index (χ2n) is 9.86. The van der Waals surface area contributed by atoms with E-state index in [-0.39, 0.29) is 10.8 Å². The number of benzene rings is 2. The number of nitrogens with two attached hydrogens (primary N) is 2. The molecule has 5 N–H and O–H groups in total. The number of nitrogens with zero attached hydrogens (tertiary/aromatic N) is 3. The minimum absolute atomic E-state index is 0.0997. The molecule has 0 saturated heterocycles. The Morgan fingerprint density at radius 2 is 1.75 bits per heavy atom. The molecule has 1 atom stereocenters. The maximum absolute atomic E-state index is 12.0. The number of hydrogen-bond acceptors (Lipinski definition) is 6. The number of primary sulfonamides is 1. The Balaban J connectivity index is 1.34. The molecule has 0 spiro atoms. The first kappa shape index (κ1) is 24.4. The molecule has 1 aliphatic rings. The van der Waals surface area contributed by atoms with E-state index >= 15 is 0 Å². The standard InChI is InChI=1S/C27H32N6O2S/c28-25-17-24(26-27(30-25)32-33-31-26)23(21-9-5-10-22(16-21)36(29,34)35)11-4-6-18-12-14-20(15-13-18)19-7-2-1-3-8-19/h1-3,5,7-10,16-18,20,23H,4,6,11-15H2,(H2,29,34,35)(H3,28,30,31,32,33). The van der Waals surface area contributed by atoms with Gasteiger partial charge < -0.3 is 5.73 Å². The molecule has 188 valence electrons. The molecular formula is C27H32N6O2S. The minimum atomic E-state index is -3.82. The number of H-pyrrole nitrogens is 1. The van der Waals surface area contributed by atoms with Crippen LogP contribution in [0.1, 0.15) is 73.5 Å². The Hall–Kier alpha value is -3.30. The van der Waals surface area contributed by atoms with Crippen molar-refractivity contribution in [2.45, 2.75) is 61.7 Å². The van der Waals surface area contributed by atoms with Crippen LogP contribution in [-0.2, 0) is 10.0 Å². The van der Waals surface area contributed by atoms with Gasteiger partial charge in [-0.05, 0) is 78.8 Å². The van der Waals surface area contributed by atoms with Crippen molar-refractivity contribution in [2.24, 2.45) is 11.1 Å². The molecule has 5 rings (SSSR count). The topological polar surface area (TPSA) is 141 Å². The molecule has 8 nitrogen and oxygen atoms in total. The number of fused-ring (bicyclic) bond motifs is 1. The van der Waals surface area contributed by atoms with Gasteiger partial charge in [0.1, 0.15) is 11.3 Å². The Kier molecular flexibility index (Phi) is 7.02. The number of sulfonamides is 1. The van der Waals surface area contributed by atoms with Gasteiger partial charge in [-0.25, -0.2) is 18.5 Å². The quantitative estimate of drug-likeness (QED) is 0.313. The van der Waals surface area contributed by atoms with Crippen LogP contribution >= 0.6 is 0 Å². The summed E-state index contributed by atoms with van der Waals surface area (Å²) in [5.74, 6) is 1.62. The van der Waals surface area contributed by atoms with Gasteiger partial charge in [-0.3, -0.25) is 0 Å². The number of anilines is 1. The summed E-state index contributed by atoms with van der Waals surface area (Å²) in [4.78, 5) is 4.37. The number of aromatic nitrogens is 4. The van der Waals surface area contributed by atoms with Crippen molar-refractivity contribution >= 4 is 27.0 Å². The van der Waals surface area contributed by atoms with Crippen LogP contribution in [0.25, 0.3) is 11.2 Å². The third-order valence-corrected chi connectivity index (χ3v) is 8.44. The normalized spacial score (nSPS) is 19.4. The van der Waals surface area contributed by atoms with E-state index in [2.05, 4.69) is 50.7 Å². The number of hydrogen-bond donors (Lipinski definition) is 3. The summed E-state index contributed by atoms with van der Waals surface area (Å²) >= 11 is 0. The van der Waals surface area contributed by atoms with Crippen molar-refractivity contribution in [3.8, 4) is 0 Å². The molecule has 9 heteroatoms. The van der Waals surface area contributed by atoms with Gasteiger partial charge >= 0.3 is 0 Å². The van der Waals surface area contributed by atoms with Crippen molar-refractivity contribution in [2.75, 3.05) is 5.73 Å². The minimum Gasteiger partial charge on any atom is -0.384 e. The summed E-state index contributed by atoms with van der Waals surface area (Å²) in [6, 6.07) is 19.5. The molecule has 0 radical (unpaired) electrons. The lowest BCUT2D eigenvalue weighted by Gasteiger charge is -2.29. The van der Waals surface area contributed by atoms with Gasteiger partial charge in [-0.1, -0.05) is 55.3 Å². The van der Waals surface area contributed by atoms with E-state index < -0.39 is 10.0 Å². The molecule has 1 saturated carbocycles. The lowest BCUT2D eigenvalue weighted by molar-refractivity contribution is 0.301. The molecule has 2 aromatic carbocycles. The van der Waals surface area contributed by atoms with Crippen LogP contribution in [0.5, 0.6) is 0 Å². The van der Waals surface area contributed by atoms with Crippen LogP contribution in [0.15, 0.2) is 65.6 Å². The molecule has 2 aromatic heterocycles. The molecule has 1 unspecified atom stereocenters. The molecule has 1 fully saturated rings. The van der Waals surface area contributed by atoms with Crippen LogP contribution in [0.3, 0.4) is 0 Å². The smallest absolute Gasteiger partial charge is 0.238 e. The summed E-state index contributed by atoms with van der Waals surface area (Å²) in [6.45, 7) is 0. The zero-order valence-corrected chi connectivity index (χ0v) is 21.0. The fraction of sp³-hybridized carbons (Fsp3) is 0.370. The Bertz CT molecular complexity index is 1430. The van der Waals surface area contributed by atoms with Gasteiger partial charge in [0.2, 0.25) is 15.7 Å². The zero-order chi connectivity index (χ0) is 25.1. The highest BCUT2D eigenvalue weighted by molar-refractivity contribution is 7.89. The van der Waals surface area contributed by atoms with E-state index in [1.807, 2.05) is 12.1 Å². The maximum Gasteiger partial charge on any atom is 0.238 e. The monoisotopic (exact) mass is 504 g/mol. The number of nitrogens with one attached hydrogen (secondary N) is 1. The Morgan fingerprint density at radius 1 is 0.972 bits per heavy atom. The SMILES string of the molecule is Nc1cc(C(CCCC2CCC(c3ccccc3)CC2)c2cccc(S(N)(=O)=O)c2)c2n[nH]nc2n1. The molecule has 2 heterocycles. The van der Waals surface area contributed by atoms with E-state index in [1.54, 1.807) is 12.1 Å². The number of nitrogen functional groups attached to an aromatic ring is 1. The van der Waals surface area contributed by atoms with Gasteiger partial charge in [-0.15, -0.1) is 5.10 Å². The summed E-state index contributed by atoms with van der Waals surface area (Å²) in [6.07, 6.45) is 7.91. The summed E-state index contributed by atoms with van der Waals surface area (Å²) < 4.78 is 24.1. The molecule has 0 amide bonds. The number of aromatic amines is 1. The highest BCUT2D eigenvalue weighted by Gasteiger charge is 2.25. The largest absolute Gasteiger partial charge is 0.384 e. The number of rotatable bonds is 8. The Labute approximate surface area is 211 Å². The third kappa shape index (κ3) is 5.42. The number of pyridine rings is 1. The molecule has 0 bridgehead atoms. The first-order chi connectivity index (χ1) is 17.4. The highest BCUT2D eigenvalue weighted by atomic mass is 32.2. The van der Waals surface area contributed by atoms with Crippen LogP contribution in [0.2, 0.25) is 0 Å². The first-order valence-corrected chi connectivity index (χ1v) is 14.1. The molecule has 0 aliphatic heterocycles. The average Bonchev–Trinajstić information content (AvgIpc) is 3.35. The summed E-state index contributed by atoms with van der Waals surface area (Å²) in [5, 5.41) is 16.5. The maximum atomic E-state index is 12.0. The zero-order valence-electron chi connectivity index (χ0n) is 20.2. The van der Waals surface area contributed by atoms with E-state index in [0.29, 0.717) is 28.8 Å². The highest BCUT2D eigenvalue weighted by Crippen LogP contribution is 2.39. The van der Waals surface area contributed by atoms with Crippen LogP contribution in [0, 0.1) is 5.92 Å². The molecule has 4 aromatic rings. The first-order valence-electron chi connectivity index (χ1n) is 12.5. The van der Waals surface area contributed by atoms with Gasteiger partial charge in [0.15, 0.2) is 0 Å². The van der Waals surface area contributed by atoms with Gasteiger partial charge in [0.25, 0.3) is 0 Å². The lowest BCUT2D eigenvalue weighted by atomic mass is 9.76. The van der Waals surface area contributed by atoms with Gasteiger partial charge in [-0.2, -0.15) is 10.3 Å². The summed E-state index contributed by atoms with van der Waals surface area (Å²) in [5.41, 5.74) is 10.4. The van der Waals surface area contributed by atoms with E-state index in [9.17, 15) is 8.42 Å². The fourth-order valence-corrected chi connectivity index (χ4v) is 6.24. The summed E-state index contributed by atoms with van der Waals surface area (Å²) in [7, 11) is -3.82. The van der Waals surface area contributed by atoms with Crippen molar-refractivity contribution in [3.05, 3.63) is 77.4 Å². The van der Waals surface area contributed by atoms with E-state index in [1.165, 1.54) is 37.3 Å². The third-order valence-electron chi connectivity index (χ3n) is 7.53. The molecule has 1 aliphatic carbocycles. The second kappa shape index (κ2) is 10.4. The van der Waals surface area contributed by atoms with Gasteiger partial charge in [0.05, 0.1) is 4.90 Å². The average molecular weight is 505 g/mol. The predicted octanol–water partition coefficient (Wildman–Crippen LogP) is 4.86. The van der Waals surface area contributed by atoms with Crippen molar-refractivity contribution in [3.63, 3.8) is 0 Å². The van der Waals surface area contributed by atoms with E-state index in [0.717, 1.165) is 30.4 Å². The van der Waals surface area contributed by atoms with Gasteiger partial charge in [0, 0.05) is 5.92 Å². The molecule has 36 heavy (non-hydrogen) atoms. The Morgan fingerprint density at radius 3 is 2.50 bits per heavy atom. The van der Waals surface area contributed by atoms with Crippen LogP contribution in [-0.4, -0.2) is 28.8 Å². The van der Waals surface area contributed by atoms with E-state index in [4.69, 9.17) is 10.9 Å². The van der Waals surface area contributed by atoms with Crippen molar-refractivity contribution in [1.82, 2.24) is 20.4 Å². The van der Waals surface area contributed by atoms with Crippen molar-refractivity contribution in [1.29, 1.82) is 0 Å². The van der Waals surface area contributed by atoms with Crippen LogP contribution < -0.4 is 10.9 Å². The lowest BCUT2D eigenvalue weighted by Crippen LogP contribution is -2.14. The predicted molar refractivity (Wildman–Crippen MR) is 141 cm³/mol. The van der Waals surface area contributed by atoms with Crippen molar-refractivity contribution < 1.29 is 8.42 Å². The van der Waals surface area contributed by atoms with Crippen LogP contribution in [0.4, 0.5) is 5.82 Å². The molecular weight excluding hydrogens is 472 g/mol.